The van der Waals surface area contributed by atoms with Crippen LogP contribution in [0.2, 0.25) is 10.0 Å². The summed E-state index contributed by atoms with van der Waals surface area (Å²) in [6, 6.07) is 3.54. The lowest BCUT2D eigenvalue weighted by molar-refractivity contribution is 0.0978. The fourth-order valence-electron chi connectivity index (χ4n) is 1.43. The van der Waals surface area contributed by atoms with Gasteiger partial charge in [0.2, 0.25) is 0 Å². The number of hydrogen-bond donors (Lipinski definition) is 0. The van der Waals surface area contributed by atoms with E-state index >= 15 is 0 Å². The smallest absolute Gasteiger partial charge is 0.183 e. The fraction of sp³-hybridized carbons (Fsp3) is 0.167. The molecule has 2 aromatic heterocycles. The lowest BCUT2D eigenvalue weighted by atomic mass is 10.1. The lowest BCUT2D eigenvalue weighted by Gasteiger charge is -2.02. The number of aromatic nitrogens is 1. The molecule has 5 heteroatoms. The number of thiophene rings is 1. The zero-order valence-corrected chi connectivity index (χ0v) is 11.1. The van der Waals surface area contributed by atoms with Crippen molar-refractivity contribution in [1.29, 1.82) is 0 Å². The van der Waals surface area contributed by atoms with Crippen LogP contribution in [-0.4, -0.2) is 10.8 Å². The van der Waals surface area contributed by atoms with E-state index in [9.17, 15) is 4.79 Å². The van der Waals surface area contributed by atoms with Crippen molar-refractivity contribution in [2.24, 2.45) is 0 Å². The summed E-state index contributed by atoms with van der Waals surface area (Å²) in [6.07, 6.45) is 2.55. The SMILES string of the molecule is O=C(CCc1ccsc1)c1ncc(Cl)cc1Cl. The first kappa shape index (κ1) is 12.6. The van der Waals surface area contributed by atoms with Crippen molar-refractivity contribution in [2.75, 3.05) is 0 Å². The van der Waals surface area contributed by atoms with E-state index in [1.54, 1.807) is 11.3 Å². The molecule has 2 heterocycles. The Balaban J connectivity index is 2.04. The van der Waals surface area contributed by atoms with Gasteiger partial charge >= 0.3 is 0 Å². The molecule has 0 bridgehead atoms. The number of Topliss-reactive ketones (excluding diaryl/α,β-unsaturated/α-hetero) is 1. The molecular weight excluding hydrogens is 277 g/mol. The first-order chi connectivity index (χ1) is 8.16. The monoisotopic (exact) mass is 285 g/mol. The molecule has 2 nitrogen and oxygen atoms in total. The average Bonchev–Trinajstić information content (AvgIpc) is 2.78. The Hall–Kier alpha value is -0.900. The summed E-state index contributed by atoms with van der Waals surface area (Å²) in [5.74, 6) is -0.0575. The molecule has 0 aromatic carbocycles. The number of carbonyl (C=O) groups excluding carboxylic acids is 1. The maximum atomic E-state index is 11.9. The molecule has 0 saturated carbocycles. The number of hydrogen-bond acceptors (Lipinski definition) is 3. The predicted octanol–water partition coefficient (Wildman–Crippen LogP) is 4.27. The second-order valence-electron chi connectivity index (χ2n) is 3.54. The van der Waals surface area contributed by atoms with Crippen LogP contribution >= 0.6 is 34.5 Å². The van der Waals surface area contributed by atoms with Gasteiger partial charge in [-0.05, 0) is 34.9 Å². The average molecular weight is 286 g/mol. The molecule has 0 atom stereocenters. The van der Waals surface area contributed by atoms with E-state index in [0.29, 0.717) is 28.6 Å². The van der Waals surface area contributed by atoms with E-state index in [1.165, 1.54) is 12.3 Å². The van der Waals surface area contributed by atoms with Crippen LogP contribution < -0.4 is 0 Å². The number of pyridine rings is 1. The second kappa shape index (κ2) is 5.63. The van der Waals surface area contributed by atoms with Crippen molar-refractivity contribution >= 4 is 40.3 Å². The molecule has 0 aliphatic carbocycles. The van der Waals surface area contributed by atoms with Crippen LogP contribution in [0.1, 0.15) is 22.5 Å². The van der Waals surface area contributed by atoms with E-state index < -0.39 is 0 Å². The Morgan fingerprint density at radius 1 is 1.41 bits per heavy atom. The number of carbonyl (C=O) groups is 1. The van der Waals surface area contributed by atoms with Crippen LogP contribution in [-0.2, 0) is 6.42 Å². The van der Waals surface area contributed by atoms with Crippen molar-refractivity contribution in [3.8, 4) is 0 Å². The summed E-state index contributed by atoms with van der Waals surface area (Å²) in [5, 5.41) is 4.77. The van der Waals surface area contributed by atoms with E-state index in [1.807, 2.05) is 16.8 Å². The zero-order valence-electron chi connectivity index (χ0n) is 8.82. The van der Waals surface area contributed by atoms with Gasteiger partial charge < -0.3 is 0 Å². The summed E-state index contributed by atoms with van der Waals surface area (Å²) >= 11 is 13.3. The first-order valence-electron chi connectivity index (χ1n) is 5.02. The van der Waals surface area contributed by atoms with Gasteiger partial charge in [-0.1, -0.05) is 23.2 Å². The fourth-order valence-corrected chi connectivity index (χ4v) is 2.62. The van der Waals surface area contributed by atoms with Gasteiger partial charge in [-0.25, -0.2) is 0 Å². The van der Waals surface area contributed by atoms with Crippen LogP contribution in [0.3, 0.4) is 0 Å². The summed E-state index contributed by atoms with van der Waals surface area (Å²) in [6.45, 7) is 0. The molecule has 0 amide bonds. The number of rotatable bonds is 4. The topological polar surface area (TPSA) is 30.0 Å². The second-order valence-corrected chi connectivity index (χ2v) is 5.16. The van der Waals surface area contributed by atoms with E-state index in [-0.39, 0.29) is 5.78 Å². The molecule has 0 fully saturated rings. The van der Waals surface area contributed by atoms with Gasteiger partial charge in [-0.15, -0.1) is 0 Å². The third-order valence-electron chi connectivity index (χ3n) is 2.29. The van der Waals surface area contributed by atoms with Crippen LogP contribution in [0.25, 0.3) is 0 Å². The van der Waals surface area contributed by atoms with Gasteiger partial charge in [-0.2, -0.15) is 11.3 Å². The highest BCUT2D eigenvalue weighted by Crippen LogP contribution is 2.20. The first-order valence-corrected chi connectivity index (χ1v) is 6.72. The summed E-state index contributed by atoms with van der Waals surface area (Å²) < 4.78 is 0. The largest absolute Gasteiger partial charge is 0.292 e. The lowest BCUT2D eigenvalue weighted by Crippen LogP contribution is -2.04. The Morgan fingerprint density at radius 3 is 2.88 bits per heavy atom. The Labute approximate surface area is 113 Å². The van der Waals surface area contributed by atoms with Gasteiger partial charge in [0.15, 0.2) is 5.78 Å². The quantitative estimate of drug-likeness (QED) is 0.786. The molecule has 2 rings (SSSR count). The third kappa shape index (κ3) is 3.28. The Morgan fingerprint density at radius 2 is 2.24 bits per heavy atom. The highest BCUT2D eigenvalue weighted by molar-refractivity contribution is 7.07. The van der Waals surface area contributed by atoms with E-state index in [0.717, 1.165) is 5.56 Å². The number of halogens is 2. The van der Waals surface area contributed by atoms with Crippen molar-refractivity contribution in [3.05, 3.63) is 50.4 Å². The van der Waals surface area contributed by atoms with Crippen LogP contribution in [0.4, 0.5) is 0 Å². The molecule has 0 aliphatic rings. The number of aryl methyl sites for hydroxylation is 1. The van der Waals surface area contributed by atoms with Crippen LogP contribution in [0.15, 0.2) is 29.1 Å². The highest BCUT2D eigenvalue weighted by Gasteiger charge is 2.12. The van der Waals surface area contributed by atoms with Crippen molar-refractivity contribution in [2.45, 2.75) is 12.8 Å². The summed E-state index contributed by atoms with van der Waals surface area (Å²) in [7, 11) is 0. The molecule has 0 saturated heterocycles. The number of ketones is 1. The third-order valence-corrected chi connectivity index (χ3v) is 3.52. The van der Waals surface area contributed by atoms with Gasteiger partial charge in [0, 0.05) is 12.6 Å². The minimum Gasteiger partial charge on any atom is -0.292 e. The molecule has 2 aromatic rings. The summed E-state index contributed by atoms with van der Waals surface area (Å²) in [5.41, 5.74) is 1.46. The van der Waals surface area contributed by atoms with Gasteiger partial charge in [0.05, 0.1) is 10.0 Å². The van der Waals surface area contributed by atoms with E-state index in [2.05, 4.69) is 4.98 Å². The standard InChI is InChI=1S/C12H9Cl2NOS/c13-9-5-10(14)12(15-6-9)11(16)2-1-8-3-4-17-7-8/h3-7H,1-2H2. The minimum atomic E-state index is -0.0575. The molecule has 0 N–H and O–H groups in total. The molecule has 17 heavy (non-hydrogen) atoms. The molecule has 0 unspecified atom stereocenters. The number of nitrogens with zero attached hydrogens (tertiary/aromatic N) is 1. The van der Waals surface area contributed by atoms with Gasteiger partial charge in [0.1, 0.15) is 5.69 Å². The summed E-state index contributed by atoms with van der Waals surface area (Å²) in [4.78, 5) is 15.9. The van der Waals surface area contributed by atoms with E-state index in [4.69, 9.17) is 23.2 Å². The maximum Gasteiger partial charge on any atom is 0.183 e. The highest BCUT2D eigenvalue weighted by atomic mass is 35.5. The molecule has 0 radical (unpaired) electrons. The van der Waals surface area contributed by atoms with Crippen LogP contribution in [0, 0.1) is 0 Å². The molecule has 0 spiro atoms. The molecule has 88 valence electrons. The normalized spacial score (nSPS) is 10.5. The van der Waals surface area contributed by atoms with Gasteiger partial charge in [-0.3, -0.25) is 9.78 Å². The zero-order chi connectivity index (χ0) is 12.3. The predicted molar refractivity (Wildman–Crippen MR) is 71.2 cm³/mol. The van der Waals surface area contributed by atoms with Gasteiger partial charge in [0.25, 0.3) is 0 Å². The maximum absolute atomic E-state index is 11.9. The van der Waals surface area contributed by atoms with Crippen molar-refractivity contribution in [1.82, 2.24) is 4.98 Å². The molecule has 0 aliphatic heterocycles. The van der Waals surface area contributed by atoms with Crippen LogP contribution in [0.5, 0.6) is 0 Å². The van der Waals surface area contributed by atoms with Crippen molar-refractivity contribution in [3.63, 3.8) is 0 Å². The minimum absolute atomic E-state index is 0.0575. The Kier molecular flexibility index (Phi) is 4.15. The Bertz CT molecular complexity index is 525. The van der Waals surface area contributed by atoms with Crippen molar-refractivity contribution < 1.29 is 4.79 Å². The molecular formula is C12H9Cl2NOS.